The molecule has 3 heterocycles. The van der Waals surface area contributed by atoms with E-state index < -0.39 is 23.4 Å². The Kier molecular flexibility index (Phi) is 6.85. The van der Waals surface area contributed by atoms with Gasteiger partial charge >= 0.3 is 6.03 Å². The summed E-state index contributed by atoms with van der Waals surface area (Å²) in [6, 6.07) is 10.9. The number of benzene rings is 1. The Hall–Kier alpha value is -2.81. The van der Waals surface area contributed by atoms with Crippen molar-refractivity contribution in [1.82, 2.24) is 19.4 Å². The molecule has 3 fully saturated rings. The van der Waals surface area contributed by atoms with Gasteiger partial charge in [-0.15, -0.1) is 0 Å². The Morgan fingerprint density at radius 1 is 1.06 bits per heavy atom. The van der Waals surface area contributed by atoms with Crippen LogP contribution in [0.15, 0.2) is 47.5 Å². The van der Waals surface area contributed by atoms with E-state index in [9.17, 15) is 23.5 Å². The summed E-state index contributed by atoms with van der Waals surface area (Å²) < 4.78 is 27.6. The van der Waals surface area contributed by atoms with Crippen LogP contribution in [0, 0.1) is 11.3 Å². The lowest BCUT2D eigenvalue weighted by Gasteiger charge is -2.53. The number of amides is 2. The summed E-state index contributed by atoms with van der Waals surface area (Å²) in [5, 5.41) is 12.0. The molecule has 1 N–H and O–H groups in total. The summed E-state index contributed by atoms with van der Waals surface area (Å²) in [4.78, 5) is 34.2. The largest absolute Gasteiger partial charge is 0.387 e. The molecule has 9 heteroatoms. The van der Waals surface area contributed by atoms with E-state index in [1.807, 2.05) is 30.3 Å². The zero-order valence-corrected chi connectivity index (χ0v) is 20.5. The van der Waals surface area contributed by atoms with Gasteiger partial charge in [0.15, 0.2) is 0 Å². The second-order valence-electron chi connectivity index (χ2n) is 10.7. The highest BCUT2D eigenvalue weighted by molar-refractivity contribution is 5.75. The third-order valence-electron chi connectivity index (χ3n) is 8.65. The quantitative estimate of drug-likeness (QED) is 0.688. The number of aromatic nitrogens is 2. The lowest BCUT2D eigenvalue weighted by molar-refractivity contribution is -0.136. The molecule has 1 aromatic heterocycles. The van der Waals surface area contributed by atoms with Crippen molar-refractivity contribution in [3.63, 3.8) is 0 Å². The Morgan fingerprint density at radius 2 is 1.75 bits per heavy atom. The van der Waals surface area contributed by atoms with Crippen LogP contribution in [0.4, 0.5) is 13.6 Å². The number of carbonyl (C=O) groups is 1. The summed E-state index contributed by atoms with van der Waals surface area (Å²) in [6.45, 7) is 1.61. The molecule has 2 aliphatic heterocycles. The van der Waals surface area contributed by atoms with Crippen molar-refractivity contribution < 1.29 is 18.7 Å². The van der Waals surface area contributed by atoms with Gasteiger partial charge in [-0.2, -0.15) is 0 Å². The molecule has 1 aliphatic carbocycles. The highest BCUT2D eigenvalue weighted by atomic mass is 19.3. The Balaban J connectivity index is 1.31. The van der Waals surface area contributed by atoms with E-state index in [0.29, 0.717) is 51.1 Å². The van der Waals surface area contributed by atoms with Gasteiger partial charge in [0, 0.05) is 49.1 Å². The third kappa shape index (κ3) is 4.65. The molecule has 1 unspecified atom stereocenters. The molecular formula is C27H34F2N4O3. The molecule has 7 nitrogen and oxygen atoms in total. The molecule has 3 aliphatic rings. The maximum Gasteiger partial charge on any atom is 0.320 e. The summed E-state index contributed by atoms with van der Waals surface area (Å²) in [6.07, 6.45) is 3.66. The Bertz CT molecular complexity index is 1130. The number of urea groups is 1. The zero-order chi connectivity index (χ0) is 25.3. The number of hydrogen-bond acceptors (Lipinski definition) is 4. The Morgan fingerprint density at radius 3 is 2.39 bits per heavy atom. The van der Waals surface area contributed by atoms with Crippen LogP contribution in [0.5, 0.6) is 0 Å². The molecule has 1 spiro atoms. The second-order valence-corrected chi connectivity index (χ2v) is 10.7. The fourth-order valence-electron chi connectivity index (χ4n) is 6.40. The Labute approximate surface area is 209 Å². The summed E-state index contributed by atoms with van der Waals surface area (Å²) in [5.41, 5.74) is -0.402. The van der Waals surface area contributed by atoms with Crippen molar-refractivity contribution in [2.75, 3.05) is 26.2 Å². The molecule has 2 aromatic rings. The first-order valence-electron chi connectivity index (χ1n) is 13.0. The summed E-state index contributed by atoms with van der Waals surface area (Å²) >= 11 is 0. The average molecular weight is 501 g/mol. The zero-order valence-electron chi connectivity index (χ0n) is 20.5. The molecule has 1 saturated carbocycles. The van der Waals surface area contributed by atoms with Gasteiger partial charge in [0.2, 0.25) is 6.43 Å². The lowest BCUT2D eigenvalue weighted by Crippen LogP contribution is -2.63. The van der Waals surface area contributed by atoms with E-state index >= 15 is 0 Å². The van der Waals surface area contributed by atoms with Crippen molar-refractivity contribution in [3.05, 3.63) is 53.1 Å². The van der Waals surface area contributed by atoms with E-state index in [-0.39, 0.29) is 18.1 Å². The number of carbonyl (C=O) groups excluding carboxylic acids is 1. The first-order chi connectivity index (χ1) is 17.3. The molecule has 36 heavy (non-hydrogen) atoms. The van der Waals surface area contributed by atoms with Gasteiger partial charge in [-0.1, -0.05) is 43.2 Å². The molecule has 1 atom stereocenters. The minimum atomic E-state index is -2.34. The molecule has 0 bridgehead atoms. The predicted octanol–water partition coefficient (Wildman–Crippen LogP) is 4.00. The molecule has 0 radical (unpaired) electrons. The summed E-state index contributed by atoms with van der Waals surface area (Å²) in [5.74, 6) is -0.637. The van der Waals surface area contributed by atoms with E-state index in [0.717, 1.165) is 31.2 Å². The standard InChI is InChI=1S/C27H34F2N4O3/c28-24(29)21-8-13-31(14-9-21)25(35)32-15-12-27(36,26(17-32)10-4-5-11-26)18-33-19-30-22(16-23(33)34)20-6-2-1-3-7-20/h1-3,6-7,16,19,21,24,36H,4-5,8-15,17-18H2. The monoisotopic (exact) mass is 500 g/mol. The maximum atomic E-state index is 13.3. The first kappa shape index (κ1) is 24.9. The molecule has 1 aromatic carbocycles. The SMILES string of the molecule is O=C(N1CCC(C(F)F)CC1)N1CCC(O)(Cn2cnc(-c3ccccc3)cc2=O)C2(CCCC2)C1. The van der Waals surface area contributed by atoms with Crippen LogP contribution in [0.3, 0.4) is 0 Å². The van der Waals surface area contributed by atoms with Crippen LogP contribution in [-0.2, 0) is 6.54 Å². The number of hydrogen-bond donors (Lipinski definition) is 1. The number of likely N-dealkylation sites (tertiary alicyclic amines) is 2. The third-order valence-corrected chi connectivity index (χ3v) is 8.65. The number of nitrogens with zero attached hydrogens (tertiary/aromatic N) is 4. The second kappa shape index (κ2) is 9.92. The summed E-state index contributed by atoms with van der Waals surface area (Å²) in [7, 11) is 0. The van der Waals surface area contributed by atoms with Crippen LogP contribution in [-0.4, -0.2) is 68.7 Å². The number of alkyl halides is 2. The molecule has 5 rings (SSSR count). The van der Waals surface area contributed by atoms with Crippen LogP contribution in [0.2, 0.25) is 0 Å². The van der Waals surface area contributed by atoms with Gasteiger partial charge in [0.05, 0.1) is 24.2 Å². The minimum absolute atomic E-state index is 0.123. The van der Waals surface area contributed by atoms with E-state index in [4.69, 9.17) is 0 Å². The van der Waals surface area contributed by atoms with E-state index in [1.165, 1.54) is 17.0 Å². The predicted molar refractivity (Wildman–Crippen MR) is 132 cm³/mol. The number of rotatable bonds is 4. The fraction of sp³-hybridized carbons (Fsp3) is 0.593. The number of aliphatic hydroxyl groups is 1. The van der Waals surface area contributed by atoms with Gasteiger partial charge in [0.25, 0.3) is 5.56 Å². The maximum absolute atomic E-state index is 13.3. The van der Waals surface area contributed by atoms with Gasteiger partial charge in [0.1, 0.15) is 0 Å². The molecular weight excluding hydrogens is 466 g/mol. The lowest BCUT2D eigenvalue weighted by atomic mass is 9.66. The van der Waals surface area contributed by atoms with Crippen molar-refractivity contribution in [2.24, 2.45) is 11.3 Å². The topological polar surface area (TPSA) is 78.7 Å². The van der Waals surface area contributed by atoms with Crippen molar-refractivity contribution >= 4 is 6.03 Å². The normalized spacial score (nSPS) is 24.6. The van der Waals surface area contributed by atoms with E-state index in [1.54, 1.807) is 9.80 Å². The van der Waals surface area contributed by atoms with E-state index in [2.05, 4.69) is 4.98 Å². The van der Waals surface area contributed by atoms with Gasteiger partial charge in [-0.05, 0) is 32.1 Å². The van der Waals surface area contributed by atoms with Crippen LogP contribution < -0.4 is 5.56 Å². The van der Waals surface area contributed by atoms with Crippen LogP contribution in [0.1, 0.15) is 44.9 Å². The minimum Gasteiger partial charge on any atom is -0.387 e. The molecule has 2 amide bonds. The fourth-order valence-corrected chi connectivity index (χ4v) is 6.40. The van der Waals surface area contributed by atoms with Crippen LogP contribution >= 0.6 is 0 Å². The van der Waals surface area contributed by atoms with Crippen molar-refractivity contribution in [2.45, 2.75) is 63.5 Å². The highest BCUT2D eigenvalue weighted by Crippen LogP contribution is 2.51. The van der Waals surface area contributed by atoms with Crippen LogP contribution in [0.25, 0.3) is 11.3 Å². The van der Waals surface area contributed by atoms with Crippen molar-refractivity contribution in [1.29, 1.82) is 0 Å². The van der Waals surface area contributed by atoms with Crippen molar-refractivity contribution in [3.8, 4) is 11.3 Å². The van der Waals surface area contributed by atoms with Gasteiger partial charge < -0.3 is 14.9 Å². The van der Waals surface area contributed by atoms with Gasteiger partial charge in [-0.3, -0.25) is 9.36 Å². The average Bonchev–Trinajstić information content (AvgIpc) is 3.37. The highest BCUT2D eigenvalue weighted by Gasteiger charge is 2.56. The molecule has 194 valence electrons. The number of halogens is 2. The van der Waals surface area contributed by atoms with Gasteiger partial charge in [-0.25, -0.2) is 18.6 Å². The molecule has 2 saturated heterocycles. The smallest absolute Gasteiger partial charge is 0.320 e. The first-order valence-corrected chi connectivity index (χ1v) is 13.0. The number of piperidine rings is 2.